The number of halogens is 2. The Morgan fingerprint density at radius 2 is 1.90 bits per heavy atom. The number of hydrogen-bond donors (Lipinski definition) is 2. The highest BCUT2D eigenvalue weighted by molar-refractivity contribution is 6.42. The van der Waals surface area contributed by atoms with Crippen LogP contribution in [-0.4, -0.2) is 67.0 Å². The predicted molar refractivity (Wildman–Crippen MR) is 154 cm³/mol. The lowest BCUT2D eigenvalue weighted by Crippen LogP contribution is -2.49. The van der Waals surface area contributed by atoms with Crippen LogP contribution in [0.3, 0.4) is 0 Å². The van der Waals surface area contributed by atoms with E-state index < -0.39 is 17.7 Å². The molecular formula is C29H32Cl2N6O4. The summed E-state index contributed by atoms with van der Waals surface area (Å²) in [6, 6.07) is 6.87. The molecule has 4 heterocycles. The number of aliphatic hydroxyl groups is 1. The van der Waals surface area contributed by atoms with Gasteiger partial charge in [-0.3, -0.25) is 19.4 Å². The molecule has 0 fully saturated rings. The van der Waals surface area contributed by atoms with Gasteiger partial charge in [-0.1, -0.05) is 29.3 Å². The van der Waals surface area contributed by atoms with Crippen molar-refractivity contribution in [1.29, 1.82) is 0 Å². The summed E-state index contributed by atoms with van der Waals surface area (Å²) < 4.78 is 1.51. The van der Waals surface area contributed by atoms with Crippen molar-refractivity contribution in [3.05, 3.63) is 80.3 Å². The Kier molecular flexibility index (Phi) is 7.61. The van der Waals surface area contributed by atoms with Crippen molar-refractivity contribution >= 4 is 40.9 Å². The summed E-state index contributed by atoms with van der Waals surface area (Å²) in [7, 11) is 1.55. The van der Waals surface area contributed by atoms with Crippen molar-refractivity contribution in [3.63, 3.8) is 0 Å². The van der Waals surface area contributed by atoms with Crippen molar-refractivity contribution in [2.45, 2.75) is 64.4 Å². The lowest BCUT2D eigenvalue weighted by atomic mass is 9.96. The third-order valence-corrected chi connectivity index (χ3v) is 8.67. The molecule has 3 aromatic rings. The molecule has 0 radical (unpaired) electrons. The van der Waals surface area contributed by atoms with E-state index in [1.165, 1.54) is 10.7 Å². The first-order valence-corrected chi connectivity index (χ1v) is 14.1. The minimum atomic E-state index is -1.05. The molecule has 0 aliphatic carbocycles. The first-order valence-electron chi connectivity index (χ1n) is 13.4. The zero-order valence-electron chi connectivity index (χ0n) is 23.5. The molecule has 3 amide bonds. The number of likely N-dealkylation sites (N-methyl/N-ethyl adjacent to an activating group) is 1. The zero-order valence-corrected chi connectivity index (χ0v) is 25.0. The van der Waals surface area contributed by atoms with Crippen LogP contribution < -0.4 is 5.32 Å². The number of nitrogens with zero attached hydrogens (tertiary/aromatic N) is 5. The van der Waals surface area contributed by atoms with Gasteiger partial charge < -0.3 is 20.2 Å². The van der Waals surface area contributed by atoms with Crippen LogP contribution in [0.5, 0.6) is 0 Å². The van der Waals surface area contributed by atoms with Crippen LogP contribution in [0, 0.1) is 0 Å². The molecule has 2 aliphatic rings. The number of carbonyl (C=O) groups excluding carboxylic acids is 3. The quantitative estimate of drug-likeness (QED) is 0.459. The van der Waals surface area contributed by atoms with E-state index >= 15 is 0 Å². The smallest absolute Gasteiger partial charge is 0.273 e. The van der Waals surface area contributed by atoms with Crippen LogP contribution >= 0.6 is 23.2 Å². The van der Waals surface area contributed by atoms with E-state index in [1.807, 2.05) is 13.8 Å². The van der Waals surface area contributed by atoms with Gasteiger partial charge in [-0.2, -0.15) is 5.10 Å². The molecule has 2 N–H and O–H groups in total. The summed E-state index contributed by atoms with van der Waals surface area (Å²) in [5.41, 5.74) is 2.21. The maximum atomic E-state index is 14.1. The molecule has 0 bridgehead atoms. The molecule has 0 saturated carbocycles. The molecule has 10 nitrogen and oxygen atoms in total. The molecule has 2 aromatic heterocycles. The van der Waals surface area contributed by atoms with Crippen LogP contribution in [0.1, 0.15) is 83.1 Å². The van der Waals surface area contributed by atoms with Gasteiger partial charge in [-0.15, -0.1) is 0 Å². The first kappa shape index (κ1) is 29.0. The molecule has 3 atom stereocenters. The third kappa shape index (κ3) is 5.20. The Morgan fingerprint density at radius 3 is 2.51 bits per heavy atom. The summed E-state index contributed by atoms with van der Waals surface area (Å²) in [6.07, 6.45) is 2.02. The Hall–Kier alpha value is -3.47. The summed E-state index contributed by atoms with van der Waals surface area (Å²) in [4.78, 5) is 48.5. The second-order valence-corrected chi connectivity index (χ2v) is 11.9. The number of hydrogen-bond acceptors (Lipinski definition) is 6. The molecule has 12 heteroatoms. The Balaban J connectivity index is 1.52. The first-order chi connectivity index (χ1) is 19.3. The molecule has 1 aromatic carbocycles. The van der Waals surface area contributed by atoms with Crippen molar-refractivity contribution < 1.29 is 19.5 Å². The highest BCUT2D eigenvalue weighted by Crippen LogP contribution is 2.36. The van der Waals surface area contributed by atoms with Crippen molar-refractivity contribution in [1.82, 2.24) is 29.9 Å². The van der Waals surface area contributed by atoms with Crippen LogP contribution in [0.2, 0.25) is 10.0 Å². The number of pyridine rings is 1. The topological polar surface area (TPSA) is 121 Å². The van der Waals surface area contributed by atoms with Gasteiger partial charge in [0.1, 0.15) is 11.7 Å². The van der Waals surface area contributed by atoms with E-state index in [9.17, 15) is 19.5 Å². The molecule has 0 saturated heterocycles. The van der Waals surface area contributed by atoms with Crippen LogP contribution in [-0.2, 0) is 23.4 Å². The Morgan fingerprint density at radius 1 is 1.17 bits per heavy atom. The van der Waals surface area contributed by atoms with E-state index in [4.69, 9.17) is 28.3 Å². The normalized spacial score (nSPS) is 19.5. The number of rotatable bonds is 5. The highest BCUT2D eigenvalue weighted by Gasteiger charge is 2.43. The van der Waals surface area contributed by atoms with E-state index in [2.05, 4.69) is 10.3 Å². The highest BCUT2D eigenvalue weighted by atomic mass is 35.5. The summed E-state index contributed by atoms with van der Waals surface area (Å²) in [5.74, 6) is -0.816. The van der Waals surface area contributed by atoms with Crippen molar-refractivity contribution in [2.24, 2.45) is 0 Å². The minimum absolute atomic E-state index is 0.101. The van der Waals surface area contributed by atoms with E-state index in [0.29, 0.717) is 45.2 Å². The molecule has 2 aliphatic heterocycles. The van der Waals surface area contributed by atoms with Crippen LogP contribution in [0.25, 0.3) is 0 Å². The number of fused-ring (bicyclic) bond motifs is 3. The fourth-order valence-corrected chi connectivity index (χ4v) is 5.73. The second kappa shape index (κ2) is 10.7. The summed E-state index contributed by atoms with van der Waals surface area (Å²) in [6.45, 7) is 7.38. The van der Waals surface area contributed by atoms with Gasteiger partial charge in [-0.05, 0) is 52.0 Å². The number of carbonyl (C=O) groups is 3. The van der Waals surface area contributed by atoms with Gasteiger partial charge in [0.2, 0.25) is 5.91 Å². The fourth-order valence-electron chi connectivity index (χ4n) is 5.43. The van der Waals surface area contributed by atoms with Gasteiger partial charge >= 0.3 is 0 Å². The van der Waals surface area contributed by atoms with Crippen molar-refractivity contribution in [2.75, 3.05) is 13.6 Å². The molecule has 0 unspecified atom stereocenters. The number of aromatic nitrogens is 3. The van der Waals surface area contributed by atoms with Gasteiger partial charge in [0.25, 0.3) is 11.8 Å². The van der Waals surface area contributed by atoms with Crippen LogP contribution in [0.4, 0.5) is 0 Å². The molecule has 5 rings (SSSR count). The zero-order chi connectivity index (χ0) is 29.8. The fraction of sp³-hybridized carbons (Fsp3) is 0.414. The van der Waals surface area contributed by atoms with E-state index in [0.717, 1.165) is 0 Å². The third-order valence-electron chi connectivity index (χ3n) is 7.93. The second-order valence-electron chi connectivity index (χ2n) is 11.1. The van der Waals surface area contributed by atoms with Gasteiger partial charge in [0.15, 0.2) is 0 Å². The van der Waals surface area contributed by atoms with E-state index in [-0.39, 0.29) is 41.9 Å². The molecule has 41 heavy (non-hydrogen) atoms. The summed E-state index contributed by atoms with van der Waals surface area (Å²) >= 11 is 12.2. The predicted octanol–water partition coefficient (Wildman–Crippen LogP) is 3.90. The minimum Gasteiger partial charge on any atom is -0.386 e. The van der Waals surface area contributed by atoms with Gasteiger partial charge in [0, 0.05) is 42.4 Å². The lowest BCUT2D eigenvalue weighted by Gasteiger charge is -2.37. The van der Waals surface area contributed by atoms with Gasteiger partial charge in [0.05, 0.1) is 46.2 Å². The molecule has 0 spiro atoms. The average Bonchev–Trinajstić information content (AvgIpc) is 3.31. The van der Waals surface area contributed by atoms with Crippen molar-refractivity contribution in [3.8, 4) is 0 Å². The monoisotopic (exact) mass is 598 g/mol. The lowest BCUT2D eigenvalue weighted by molar-refractivity contribution is -0.125. The molecular weight excluding hydrogens is 567 g/mol. The summed E-state index contributed by atoms with van der Waals surface area (Å²) in [5, 5.41) is 18.4. The van der Waals surface area contributed by atoms with Gasteiger partial charge in [-0.25, -0.2) is 4.68 Å². The van der Waals surface area contributed by atoms with E-state index in [1.54, 1.807) is 61.2 Å². The molecule has 216 valence electrons. The largest absolute Gasteiger partial charge is 0.386 e. The maximum absolute atomic E-state index is 14.1. The number of benzene rings is 1. The Bertz CT molecular complexity index is 1530. The number of nitrogens with one attached hydrogen (secondary N) is 1. The standard InChI is InChI=1S/C29H32Cl2N6O4/c1-15-10-23-19(13-35(15)27(39)17-6-8-20(30)21(31)11-17)25-28(40)36(14-24(26(38)32-5)37(25)34-23)16(2)22-9-7-18(12-33-22)29(3,4)41/h6-9,11-12,15-16,24,41H,10,13-14H2,1-5H3,(H,32,38)/t15-,16+,24+/m1/s1. The average molecular weight is 600 g/mol. The SMILES string of the molecule is CNC(=O)[C@@H]1CN([C@@H](C)c2ccc(C(C)(C)O)cn2)C(=O)c2c3c(nn21)C[C@@H](C)N(C(=O)c1ccc(Cl)c(Cl)c1)C3. The van der Waals surface area contributed by atoms with Crippen LogP contribution in [0.15, 0.2) is 36.5 Å². The Labute approximate surface area is 248 Å². The number of amides is 3. The maximum Gasteiger partial charge on any atom is 0.273 e.